The van der Waals surface area contributed by atoms with E-state index in [1.807, 2.05) is 6.07 Å². The van der Waals surface area contributed by atoms with Gasteiger partial charge in [-0.3, -0.25) is 0 Å². The van der Waals surface area contributed by atoms with E-state index in [9.17, 15) is 0 Å². The molecule has 0 amide bonds. The van der Waals surface area contributed by atoms with Crippen molar-refractivity contribution in [1.29, 1.82) is 0 Å². The summed E-state index contributed by atoms with van der Waals surface area (Å²) in [6, 6.07) is 1.88. The van der Waals surface area contributed by atoms with Crippen LogP contribution in [0.25, 0.3) is 0 Å². The molecule has 114 valence electrons. The molecule has 1 N–H and O–H groups in total. The summed E-state index contributed by atoms with van der Waals surface area (Å²) in [4.78, 5) is 4.16. The normalized spacial score (nSPS) is 11.7. The van der Waals surface area contributed by atoms with Gasteiger partial charge in [0.15, 0.2) is 0 Å². The van der Waals surface area contributed by atoms with Gasteiger partial charge in [-0.25, -0.2) is 4.98 Å². The van der Waals surface area contributed by atoms with Crippen molar-refractivity contribution < 1.29 is 9.47 Å². The highest BCUT2D eigenvalue weighted by Gasteiger charge is 2.11. The van der Waals surface area contributed by atoms with Gasteiger partial charge in [0.1, 0.15) is 6.61 Å². The summed E-state index contributed by atoms with van der Waals surface area (Å²) in [7, 11) is 0. The van der Waals surface area contributed by atoms with Crippen LogP contribution in [-0.4, -0.2) is 30.3 Å². The Morgan fingerprint density at radius 3 is 2.65 bits per heavy atom. The van der Waals surface area contributed by atoms with Crippen LogP contribution in [0.1, 0.15) is 39.7 Å². The van der Waals surface area contributed by atoms with E-state index in [0.29, 0.717) is 30.7 Å². The van der Waals surface area contributed by atoms with Crippen LogP contribution in [0.5, 0.6) is 5.88 Å². The van der Waals surface area contributed by atoms with Crippen LogP contribution in [0, 0.1) is 0 Å². The second kappa shape index (κ2) is 8.45. The first kappa shape index (κ1) is 17.2. The number of rotatable bonds is 8. The Morgan fingerprint density at radius 2 is 2.00 bits per heavy atom. The fourth-order valence-electron chi connectivity index (χ4n) is 1.48. The van der Waals surface area contributed by atoms with Gasteiger partial charge in [-0.05, 0) is 32.8 Å². The standard InChI is InChI=1S/C15H25ClN2O2/c1-5-6-19-7-8-20-14-9-12(13(16)11-17-14)10-18-15(2,3)4/h9,11,18H,5-8,10H2,1-4H3. The fraction of sp³-hybridized carbons (Fsp3) is 0.667. The van der Waals surface area contributed by atoms with Crippen molar-refractivity contribution in [2.24, 2.45) is 0 Å². The summed E-state index contributed by atoms with van der Waals surface area (Å²) in [6.45, 7) is 11.0. The summed E-state index contributed by atoms with van der Waals surface area (Å²) < 4.78 is 10.9. The van der Waals surface area contributed by atoms with Crippen LogP contribution in [0.4, 0.5) is 0 Å². The van der Waals surface area contributed by atoms with E-state index in [2.05, 4.69) is 38.0 Å². The minimum Gasteiger partial charge on any atom is -0.475 e. The van der Waals surface area contributed by atoms with Crippen molar-refractivity contribution in [1.82, 2.24) is 10.3 Å². The van der Waals surface area contributed by atoms with Crippen LogP contribution >= 0.6 is 11.6 Å². The summed E-state index contributed by atoms with van der Waals surface area (Å²) >= 11 is 6.14. The number of pyridine rings is 1. The molecule has 0 aliphatic carbocycles. The SMILES string of the molecule is CCCOCCOc1cc(CNC(C)(C)C)c(Cl)cn1. The Morgan fingerprint density at radius 1 is 1.25 bits per heavy atom. The molecule has 1 aromatic rings. The second-order valence-corrected chi connectivity index (χ2v) is 6.09. The molecule has 1 heterocycles. The molecule has 0 saturated heterocycles. The first-order valence-electron chi connectivity index (χ1n) is 7.02. The molecule has 0 bridgehead atoms. The lowest BCUT2D eigenvalue weighted by Gasteiger charge is -2.21. The first-order chi connectivity index (χ1) is 9.42. The fourth-order valence-corrected chi connectivity index (χ4v) is 1.65. The number of nitrogens with zero attached hydrogens (tertiary/aromatic N) is 1. The maximum atomic E-state index is 6.14. The smallest absolute Gasteiger partial charge is 0.213 e. The van der Waals surface area contributed by atoms with Crippen LogP contribution in [-0.2, 0) is 11.3 Å². The number of hydrogen-bond acceptors (Lipinski definition) is 4. The van der Waals surface area contributed by atoms with E-state index in [1.165, 1.54) is 0 Å². The highest BCUT2D eigenvalue weighted by Crippen LogP contribution is 2.20. The quantitative estimate of drug-likeness (QED) is 0.747. The third kappa shape index (κ3) is 7.08. The molecule has 0 radical (unpaired) electrons. The van der Waals surface area contributed by atoms with Gasteiger partial charge in [-0.1, -0.05) is 18.5 Å². The molecular weight excluding hydrogens is 276 g/mol. The molecule has 0 saturated carbocycles. The van der Waals surface area contributed by atoms with Crippen LogP contribution in [0.15, 0.2) is 12.3 Å². The second-order valence-electron chi connectivity index (χ2n) is 5.68. The van der Waals surface area contributed by atoms with Crippen LogP contribution in [0.3, 0.4) is 0 Å². The Kier molecular flexibility index (Phi) is 7.27. The van der Waals surface area contributed by atoms with Gasteiger partial charge in [0, 0.05) is 31.0 Å². The highest BCUT2D eigenvalue weighted by atomic mass is 35.5. The average Bonchev–Trinajstić information content (AvgIpc) is 2.38. The van der Waals surface area contributed by atoms with Crippen molar-refractivity contribution in [3.63, 3.8) is 0 Å². The molecule has 1 rings (SSSR count). The Bertz CT molecular complexity index is 405. The van der Waals surface area contributed by atoms with E-state index >= 15 is 0 Å². The van der Waals surface area contributed by atoms with E-state index in [1.54, 1.807) is 6.20 Å². The highest BCUT2D eigenvalue weighted by molar-refractivity contribution is 6.31. The van der Waals surface area contributed by atoms with E-state index in [-0.39, 0.29) is 5.54 Å². The summed E-state index contributed by atoms with van der Waals surface area (Å²) in [6.07, 6.45) is 2.64. The molecule has 0 unspecified atom stereocenters. The Hall–Kier alpha value is -0.840. The lowest BCUT2D eigenvalue weighted by atomic mass is 10.1. The van der Waals surface area contributed by atoms with E-state index in [4.69, 9.17) is 21.1 Å². The van der Waals surface area contributed by atoms with Crippen molar-refractivity contribution in [2.45, 2.75) is 46.2 Å². The molecule has 0 aliphatic rings. The molecule has 0 aromatic carbocycles. The van der Waals surface area contributed by atoms with Gasteiger partial charge < -0.3 is 14.8 Å². The van der Waals surface area contributed by atoms with Gasteiger partial charge in [0.25, 0.3) is 0 Å². The zero-order valence-electron chi connectivity index (χ0n) is 12.8. The molecule has 20 heavy (non-hydrogen) atoms. The average molecular weight is 301 g/mol. The van der Waals surface area contributed by atoms with Crippen molar-refractivity contribution in [2.75, 3.05) is 19.8 Å². The number of nitrogens with one attached hydrogen (secondary N) is 1. The largest absolute Gasteiger partial charge is 0.475 e. The number of halogens is 1. The van der Waals surface area contributed by atoms with Gasteiger partial charge in [-0.2, -0.15) is 0 Å². The molecular formula is C15H25ClN2O2. The Labute approximate surface area is 126 Å². The van der Waals surface area contributed by atoms with E-state index in [0.717, 1.165) is 18.6 Å². The van der Waals surface area contributed by atoms with Gasteiger partial charge >= 0.3 is 0 Å². The summed E-state index contributed by atoms with van der Waals surface area (Å²) in [5.74, 6) is 0.584. The van der Waals surface area contributed by atoms with E-state index < -0.39 is 0 Å². The topological polar surface area (TPSA) is 43.4 Å². The summed E-state index contributed by atoms with van der Waals surface area (Å²) in [5.41, 5.74) is 1.03. The zero-order valence-corrected chi connectivity index (χ0v) is 13.6. The lowest BCUT2D eigenvalue weighted by Crippen LogP contribution is -2.35. The molecule has 0 aliphatic heterocycles. The lowest BCUT2D eigenvalue weighted by molar-refractivity contribution is 0.0990. The number of ether oxygens (including phenoxy) is 2. The predicted molar refractivity (Wildman–Crippen MR) is 82.4 cm³/mol. The Balaban J connectivity index is 2.48. The minimum absolute atomic E-state index is 0.0433. The predicted octanol–water partition coefficient (Wildman–Crippen LogP) is 3.43. The van der Waals surface area contributed by atoms with Crippen LogP contribution < -0.4 is 10.1 Å². The van der Waals surface area contributed by atoms with Gasteiger partial charge in [0.2, 0.25) is 5.88 Å². The maximum Gasteiger partial charge on any atom is 0.213 e. The van der Waals surface area contributed by atoms with Crippen molar-refractivity contribution in [3.8, 4) is 5.88 Å². The minimum atomic E-state index is 0.0433. The number of aromatic nitrogens is 1. The molecule has 5 heteroatoms. The van der Waals surface area contributed by atoms with Crippen molar-refractivity contribution in [3.05, 3.63) is 22.8 Å². The van der Waals surface area contributed by atoms with Crippen LogP contribution in [0.2, 0.25) is 5.02 Å². The maximum absolute atomic E-state index is 6.14. The first-order valence-corrected chi connectivity index (χ1v) is 7.40. The molecule has 4 nitrogen and oxygen atoms in total. The molecule has 0 spiro atoms. The molecule has 0 atom stereocenters. The molecule has 0 fully saturated rings. The molecule has 1 aromatic heterocycles. The monoisotopic (exact) mass is 300 g/mol. The number of hydrogen-bond donors (Lipinski definition) is 1. The third-order valence-corrected chi connectivity index (χ3v) is 2.89. The summed E-state index contributed by atoms with van der Waals surface area (Å²) in [5, 5.41) is 4.05. The zero-order chi connectivity index (χ0) is 15.0. The van der Waals surface area contributed by atoms with Gasteiger partial charge in [-0.15, -0.1) is 0 Å². The van der Waals surface area contributed by atoms with Gasteiger partial charge in [0.05, 0.1) is 11.6 Å². The van der Waals surface area contributed by atoms with Crippen molar-refractivity contribution >= 4 is 11.6 Å². The third-order valence-electron chi connectivity index (χ3n) is 2.54.